The molecule has 3 aliphatic rings. The van der Waals surface area contributed by atoms with E-state index in [1.807, 2.05) is 17.0 Å². The van der Waals surface area contributed by atoms with Crippen LogP contribution in [0.3, 0.4) is 0 Å². The Bertz CT molecular complexity index is 1310. The highest BCUT2D eigenvalue weighted by Gasteiger charge is 2.39. The number of hydrogen-bond acceptors (Lipinski definition) is 6. The van der Waals surface area contributed by atoms with Crippen molar-refractivity contribution in [1.29, 1.82) is 0 Å². The van der Waals surface area contributed by atoms with Crippen LogP contribution in [0, 0.1) is 5.92 Å². The molecule has 188 valence electrons. The number of aliphatic hydroxyl groups is 1. The van der Waals surface area contributed by atoms with Gasteiger partial charge in [-0.1, -0.05) is 30.3 Å². The van der Waals surface area contributed by atoms with E-state index in [4.69, 9.17) is 4.99 Å². The van der Waals surface area contributed by atoms with Crippen LogP contribution in [-0.4, -0.2) is 70.4 Å². The van der Waals surface area contributed by atoms with Crippen molar-refractivity contribution < 1.29 is 9.90 Å². The third-order valence-electron chi connectivity index (χ3n) is 7.89. The molecule has 8 heteroatoms. The molecule has 3 aliphatic heterocycles. The smallest absolute Gasteiger partial charge is 0.226 e. The van der Waals surface area contributed by atoms with Gasteiger partial charge in [0.2, 0.25) is 5.91 Å². The maximum atomic E-state index is 13.6. The van der Waals surface area contributed by atoms with Crippen LogP contribution in [0.5, 0.6) is 0 Å². The predicted molar refractivity (Wildman–Crippen MR) is 141 cm³/mol. The third-order valence-corrected chi connectivity index (χ3v) is 8.75. The van der Waals surface area contributed by atoms with E-state index in [1.165, 1.54) is 5.56 Å². The van der Waals surface area contributed by atoms with Gasteiger partial charge in [-0.15, -0.1) is 11.3 Å². The third kappa shape index (κ3) is 4.61. The normalized spacial score (nSPS) is 23.5. The summed E-state index contributed by atoms with van der Waals surface area (Å²) >= 11 is 1.69. The standard InChI is InChI=1S/C28H33N5O2S/c34-27(23-8-12-29-17-24(23)21-5-2-1-3-6-21)32-14-10-28(35,11-15-32)19-31-18-22-9-13-33(26(22)30-20-31)25-7-4-16-36-25/h1-7,9,13,16,18,23-24,29,35H,8,10-12,14-15,17,19-20H2/t23-,24+/m1/s1. The number of fused-ring (bicyclic) bond motifs is 1. The zero-order chi connectivity index (χ0) is 24.5. The van der Waals surface area contributed by atoms with Gasteiger partial charge in [0.15, 0.2) is 0 Å². The Morgan fingerprint density at radius 2 is 1.97 bits per heavy atom. The van der Waals surface area contributed by atoms with Crippen LogP contribution >= 0.6 is 11.3 Å². The van der Waals surface area contributed by atoms with Crippen LogP contribution in [0.2, 0.25) is 0 Å². The number of rotatable bonds is 5. The lowest BCUT2D eigenvalue weighted by atomic mass is 9.80. The fraction of sp³-hybridized carbons (Fsp3) is 0.429. The second-order valence-corrected chi connectivity index (χ2v) is 11.2. The Hall–Kier alpha value is -2.94. The molecule has 2 fully saturated rings. The maximum Gasteiger partial charge on any atom is 0.226 e. The van der Waals surface area contributed by atoms with Crippen molar-refractivity contribution in [3.63, 3.8) is 0 Å². The molecule has 36 heavy (non-hydrogen) atoms. The SMILES string of the molecule is O=C([C@@H]1CCNC[C@H]1c1ccccc1)N1CCC(O)(CN2C=c3ccn(-c4cccs4)c3=NC2)CC1. The van der Waals surface area contributed by atoms with E-state index in [0.717, 1.165) is 35.2 Å². The summed E-state index contributed by atoms with van der Waals surface area (Å²) < 4.78 is 2.12. The number of amides is 1. The van der Waals surface area contributed by atoms with E-state index < -0.39 is 5.60 Å². The van der Waals surface area contributed by atoms with Gasteiger partial charge in [0, 0.05) is 55.6 Å². The number of thiophene rings is 1. The lowest BCUT2D eigenvalue weighted by Crippen LogP contribution is -2.54. The minimum Gasteiger partial charge on any atom is -0.388 e. The summed E-state index contributed by atoms with van der Waals surface area (Å²) in [7, 11) is 0. The molecule has 7 nitrogen and oxygen atoms in total. The summed E-state index contributed by atoms with van der Waals surface area (Å²) in [6.45, 7) is 3.98. The van der Waals surface area contributed by atoms with Crippen LogP contribution in [0.4, 0.5) is 0 Å². The molecule has 0 spiro atoms. The van der Waals surface area contributed by atoms with Gasteiger partial charge >= 0.3 is 0 Å². The molecule has 1 aromatic carbocycles. The zero-order valence-corrected chi connectivity index (χ0v) is 21.2. The van der Waals surface area contributed by atoms with Crippen molar-refractivity contribution in [2.45, 2.75) is 30.8 Å². The Morgan fingerprint density at radius 1 is 1.14 bits per heavy atom. The van der Waals surface area contributed by atoms with E-state index in [9.17, 15) is 9.90 Å². The molecule has 2 N–H and O–H groups in total. The highest BCUT2D eigenvalue weighted by Crippen LogP contribution is 2.33. The number of likely N-dealkylation sites (tertiary alicyclic amines) is 1. The van der Waals surface area contributed by atoms with Gasteiger partial charge in [0.25, 0.3) is 0 Å². The number of nitrogens with zero attached hydrogens (tertiary/aromatic N) is 4. The van der Waals surface area contributed by atoms with Crippen molar-refractivity contribution in [3.8, 4) is 5.00 Å². The largest absolute Gasteiger partial charge is 0.388 e. The molecule has 2 saturated heterocycles. The Labute approximate surface area is 215 Å². The second-order valence-electron chi connectivity index (χ2n) is 10.3. The van der Waals surface area contributed by atoms with Crippen molar-refractivity contribution in [2.24, 2.45) is 10.9 Å². The minimum atomic E-state index is -0.816. The lowest BCUT2D eigenvalue weighted by molar-refractivity contribution is -0.141. The molecule has 1 amide bonds. The molecule has 5 heterocycles. The number of nitrogens with one attached hydrogen (secondary N) is 1. The molecule has 0 aliphatic carbocycles. The fourth-order valence-corrected chi connectivity index (χ4v) is 6.62. The van der Waals surface area contributed by atoms with Gasteiger partial charge < -0.3 is 20.2 Å². The van der Waals surface area contributed by atoms with Gasteiger partial charge in [0.05, 0.1) is 5.60 Å². The number of piperidine rings is 2. The average molecular weight is 504 g/mol. The fourth-order valence-electron chi connectivity index (χ4n) is 5.90. The maximum absolute atomic E-state index is 13.6. The minimum absolute atomic E-state index is 0.000117. The molecule has 0 radical (unpaired) electrons. The Balaban J connectivity index is 1.10. The molecular weight excluding hydrogens is 470 g/mol. The first-order valence-corrected chi connectivity index (χ1v) is 13.8. The molecule has 0 saturated carbocycles. The summed E-state index contributed by atoms with van der Waals surface area (Å²) in [6.07, 6.45) is 6.21. The Kier molecular flexibility index (Phi) is 6.41. The van der Waals surface area contributed by atoms with Gasteiger partial charge in [0.1, 0.15) is 17.2 Å². The van der Waals surface area contributed by atoms with Crippen LogP contribution in [-0.2, 0) is 4.79 Å². The van der Waals surface area contributed by atoms with Gasteiger partial charge in [-0.2, -0.15) is 0 Å². The Morgan fingerprint density at radius 3 is 2.75 bits per heavy atom. The highest BCUT2D eigenvalue weighted by atomic mass is 32.1. The van der Waals surface area contributed by atoms with Crippen LogP contribution in [0.1, 0.15) is 30.7 Å². The summed E-state index contributed by atoms with van der Waals surface area (Å²) in [4.78, 5) is 22.5. The second kappa shape index (κ2) is 9.84. The lowest BCUT2D eigenvalue weighted by Gasteiger charge is -2.43. The first kappa shape index (κ1) is 23.5. The van der Waals surface area contributed by atoms with E-state index in [2.05, 4.69) is 69.0 Å². The topological polar surface area (TPSA) is 73.1 Å². The quantitative estimate of drug-likeness (QED) is 0.558. The van der Waals surface area contributed by atoms with Crippen molar-refractivity contribution >= 4 is 23.4 Å². The van der Waals surface area contributed by atoms with E-state index in [0.29, 0.717) is 39.1 Å². The number of aromatic nitrogens is 1. The first-order valence-electron chi connectivity index (χ1n) is 12.9. The van der Waals surface area contributed by atoms with Gasteiger partial charge in [-0.05, 0) is 54.9 Å². The van der Waals surface area contributed by atoms with E-state index >= 15 is 0 Å². The van der Waals surface area contributed by atoms with Crippen molar-refractivity contribution in [2.75, 3.05) is 39.4 Å². The van der Waals surface area contributed by atoms with E-state index in [1.54, 1.807) is 11.3 Å². The van der Waals surface area contributed by atoms with Crippen LogP contribution < -0.4 is 16.0 Å². The highest BCUT2D eigenvalue weighted by molar-refractivity contribution is 7.12. The molecule has 0 bridgehead atoms. The monoisotopic (exact) mass is 503 g/mol. The summed E-state index contributed by atoms with van der Waals surface area (Å²) in [6, 6.07) is 16.6. The molecule has 0 unspecified atom stereocenters. The van der Waals surface area contributed by atoms with Crippen LogP contribution in [0.15, 0.2) is 65.1 Å². The number of hydrogen-bond donors (Lipinski definition) is 2. The number of β-amino-alcohol motifs (C(OH)–C–C–N with tert-alkyl or cyclic N) is 1. The average Bonchev–Trinajstić information content (AvgIpc) is 3.59. The number of benzene rings is 1. The van der Waals surface area contributed by atoms with Crippen molar-refractivity contribution in [3.05, 3.63) is 76.4 Å². The van der Waals surface area contributed by atoms with Crippen LogP contribution in [0.25, 0.3) is 11.2 Å². The first-order chi connectivity index (χ1) is 17.6. The zero-order valence-electron chi connectivity index (χ0n) is 20.4. The van der Waals surface area contributed by atoms with E-state index in [-0.39, 0.29) is 17.7 Å². The summed E-state index contributed by atoms with van der Waals surface area (Å²) in [5.74, 6) is 0.444. The summed E-state index contributed by atoms with van der Waals surface area (Å²) in [5.41, 5.74) is 1.38. The molecule has 2 atom stereocenters. The van der Waals surface area contributed by atoms with Gasteiger partial charge in [-0.3, -0.25) is 9.36 Å². The number of carbonyl (C=O) groups excluding carboxylic acids is 1. The molecule has 3 aromatic rings. The summed E-state index contributed by atoms with van der Waals surface area (Å²) in [5, 5.41) is 19.2. The molecule has 6 rings (SSSR count). The molecule has 2 aromatic heterocycles. The number of carbonyl (C=O) groups is 1. The predicted octanol–water partition coefficient (Wildman–Crippen LogP) is 1.92. The van der Waals surface area contributed by atoms with Crippen molar-refractivity contribution in [1.82, 2.24) is 19.7 Å². The molecular formula is C28H33N5O2S. The van der Waals surface area contributed by atoms with Gasteiger partial charge in [-0.25, -0.2) is 4.99 Å².